The number of nitro benzene ring substituents is 1. The van der Waals surface area contributed by atoms with Crippen molar-refractivity contribution in [3.8, 4) is 0 Å². The molecule has 3 N–H and O–H groups in total. The van der Waals surface area contributed by atoms with E-state index in [4.69, 9.17) is 16.7 Å². The van der Waals surface area contributed by atoms with E-state index in [1.54, 1.807) is 6.92 Å². The van der Waals surface area contributed by atoms with E-state index in [2.05, 4.69) is 5.32 Å². The maximum atomic E-state index is 13.9. The van der Waals surface area contributed by atoms with E-state index in [0.29, 0.717) is 0 Å². The first-order chi connectivity index (χ1) is 11.1. The summed E-state index contributed by atoms with van der Waals surface area (Å²) in [5.41, 5.74) is -0.343. The average Bonchev–Trinajstić information content (AvgIpc) is 2.46. The van der Waals surface area contributed by atoms with Gasteiger partial charge in [0.15, 0.2) is 0 Å². The van der Waals surface area contributed by atoms with E-state index in [1.165, 1.54) is 24.3 Å². The van der Waals surface area contributed by atoms with Gasteiger partial charge in [-0.2, -0.15) is 0 Å². The molecule has 2 aromatic rings. The molecule has 24 heavy (non-hydrogen) atoms. The van der Waals surface area contributed by atoms with Crippen LogP contribution in [0.25, 0.3) is 0 Å². The van der Waals surface area contributed by atoms with Crippen molar-refractivity contribution < 1.29 is 17.7 Å². The minimum absolute atomic E-state index is 0.0132. The van der Waals surface area contributed by atoms with Gasteiger partial charge in [-0.05, 0) is 31.2 Å². The highest BCUT2D eigenvalue weighted by Gasteiger charge is 2.22. The molecule has 0 heterocycles. The third-order valence-electron chi connectivity index (χ3n) is 3.30. The predicted molar refractivity (Wildman–Crippen MR) is 87.9 cm³/mol. The van der Waals surface area contributed by atoms with Gasteiger partial charge in [-0.1, -0.05) is 17.7 Å². The van der Waals surface area contributed by atoms with Crippen LogP contribution in [0.2, 0.25) is 5.02 Å². The molecule has 7 nitrogen and oxygen atoms in total. The lowest BCUT2D eigenvalue weighted by Crippen LogP contribution is -2.14. The Morgan fingerprint density at radius 2 is 2.00 bits per heavy atom. The molecule has 128 valence electrons. The number of halogens is 2. The smallest absolute Gasteiger partial charge is 0.293 e. The summed E-state index contributed by atoms with van der Waals surface area (Å²) in [6.07, 6.45) is 0. The first kappa shape index (κ1) is 18.1. The van der Waals surface area contributed by atoms with Gasteiger partial charge < -0.3 is 5.32 Å². The predicted octanol–water partition coefficient (Wildman–Crippen LogP) is 3.21. The van der Waals surface area contributed by atoms with Crippen molar-refractivity contribution in [2.75, 3.05) is 5.32 Å². The van der Waals surface area contributed by atoms with Crippen LogP contribution in [0, 0.1) is 15.9 Å². The summed E-state index contributed by atoms with van der Waals surface area (Å²) in [6, 6.07) is 6.63. The van der Waals surface area contributed by atoms with Crippen LogP contribution in [0.1, 0.15) is 18.5 Å². The fraction of sp³-hybridized carbons (Fsp3) is 0.143. The molecule has 0 aliphatic carbocycles. The number of anilines is 1. The van der Waals surface area contributed by atoms with E-state index in [9.17, 15) is 22.9 Å². The molecule has 0 aliphatic heterocycles. The van der Waals surface area contributed by atoms with E-state index >= 15 is 0 Å². The third-order valence-corrected chi connectivity index (χ3v) is 4.54. The van der Waals surface area contributed by atoms with E-state index in [-0.39, 0.29) is 16.3 Å². The summed E-state index contributed by atoms with van der Waals surface area (Å²) >= 11 is 5.97. The van der Waals surface area contributed by atoms with E-state index in [0.717, 1.165) is 12.1 Å². The van der Waals surface area contributed by atoms with Crippen LogP contribution in [-0.2, 0) is 10.0 Å². The second kappa shape index (κ2) is 6.71. The highest BCUT2D eigenvalue weighted by Crippen LogP contribution is 2.33. The molecule has 0 bridgehead atoms. The summed E-state index contributed by atoms with van der Waals surface area (Å²) in [6.45, 7) is 1.57. The molecule has 2 aromatic carbocycles. The van der Waals surface area contributed by atoms with E-state index in [1.807, 2.05) is 0 Å². The van der Waals surface area contributed by atoms with Gasteiger partial charge in [-0.25, -0.2) is 17.9 Å². The van der Waals surface area contributed by atoms with Gasteiger partial charge >= 0.3 is 0 Å². The Labute approximate surface area is 142 Å². The topological polar surface area (TPSA) is 115 Å². The minimum Gasteiger partial charge on any atom is -0.373 e. The summed E-state index contributed by atoms with van der Waals surface area (Å²) in [4.78, 5) is 10.0. The zero-order valence-corrected chi connectivity index (χ0v) is 13.9. The van der Waals surface area contributed by atoms with Crippen LogP contribution in [0.15, 0.2) is 41.3 Å². The largest absolute Gasteiger partial charge is 0.373 e. The molecule has 0 amide bonds. The Hall–Kier alpha value is -2.23. The highest BCUT2D eigenvalue weighted by atomic mass is 35.5. The molecule has 0 saturated heterocycles. The second-order valence-electron chi connectivity index (χ2n) is 4.98. The molecule has 0 radical (unpaired) electrons. The molecule has 1 atom stereocenters. The number of hydrogen-bond acceptors (Lipinski definition) is 5. The molecule has 2 rings (SSSR count). The summed E-state index contributed by atoms with van der Waals surface area (Å²) in [7, 11) is -4.08. The van der Waals surface area contributed by atoms with Crippen molar-refractivity contribution in [2.24, 2.45) is 5.14 Å². The molecule has 0 fully saturated rings. The molecule has 10 heteroatoms. The lowest BCUT2D eigenvalue weighted by molar-refractivity contribution is -0.384. The number of hydrogen-bond donors (Lipinski definition) is 2. The standard InChI is InChI=1S/C14H13ClFN3O4S/c1-8(14-10(15)3-2-4-11(14)16)18-12-6-5-9(24(17,22)23)7-13(12)19(20)21/h2-8,18H,1H3,(H2,17,22,23). The Morgan fingerprint density at radius 1 is 1.33 bits per heavy atom. The lowest BCUT2D eigenvalue weighted by Gasteiger charge is -2.18. The summed E-state index contributed by atoms with van der Waals surface area (Å²) in [5.74, 6) is -0.564. The fourth-order valence-corrected chi connectivity index (χ4v) is 3.05. The van der Waals surface area contributed by atoms with Gasteiger partial charge in [0, 0.05) is 16.7 Å². The number of primary sulfonamides is 1. The normalized spacial score (nSPS) is 12.7. The Kier molecular flexibility index (Phi) is 5.07. The van der Waals surface area contributed by atoms with Crippen LogP contribution in [-0.4, -0.2) is 13.3 Å². The van der Waals surface area contributed by atoms with Crippen molar-refractivity contribution >= 4 is 33.0 Å². The minimum atomic E-state index is -4.08. The van der Waals surface area contributed by atoms with Gasteiger partial charge in [0.25, 0.3) is 5.69 Å². The van der Waals surface area contributed by atoms with Gasteiger partial charge in [-0.15, -0.1) is 0 Å². The number of nitrogens with one attached hydrogen (secondary N) is 1. The first-order valence-corrected chi connectivity index (χ1v) is 8.55. The molecule has 0 spiro atoms. The molecule has 0 aromatic heterocycles. The number of sulfonamides is 1. The number of nitrogens with zero attached hydrogens (tertiary/aromatic N) is 1. The quantitative estimate of drug-likeness (QED) is 0.616. The zero-order chi connectivity index (χ0) is 18.1. The third kappa shape index (κ3) is 3.81. The van der Waals surface area contributed by atoms with Crippen molar-refractivity contribution in [2.45, 2.75) is 17.9 Å². The Bertz CT molecular complexity index is 885. The first-order valence-electron chi connectivity index (χ1n) is 6.63. The lowest BCUT2D eigenvalue weighted by atomic mass is 10.1. The molecular formula is C14H13ClFN3O4S. The maximum Gasteiger partial charge on any atom is 0.293 e. The molecular weight excluding hydrogens is 361 g/mol. The van der Waals surface area contributed by atoms with Crippen LogP contribution in [0.3, 0.4) is 0 Å². The Morgan fingerprint density at radius 3 is 2.54 bits per heavy atom. The maximum absolute atomic E-state index is 13.9. The zero-order valence-electron chi connectivity index (χ0n) is 12.4. The fourth-order valence-electron chi connectivity index (χ4n) is 2.19. The SMILES string of the molecule is CC(Nc1ccc(S(N)(=O)=O)cc1[N+](=O)[O-])c1c(F)cccc1Cl. The molecule has 0 aliphatic rings. The number of nitrogens with two attached hydrogens (primary N) is 1. The van der Waals surface area contributed by atoms with Crippen LogP contribution in [0.4, 0.5) is 15.8 Å². The van der Waals surface area contributed by atoms with Crippen LogP contribution < -0.4 is 10.5 Å². The van der Waals surface area contributed by atoms with Crippen LogP contribution >= 0.6 is 11.6 Å². The molecule has 0 saturated carbocycles. The highest BCUT2D eigenvalue weighted by molar-refractivity contribution is 7.89. The second-order valence-corrected chi connectivity index (χ2v) is 6.95. The van der Waals surface area contributed by atoms with Gasteiger partial charge in [0.05, 0.1) is 15.9 Å². The van der Waals surface area contributed by atoms with Gasteiger partial charge in [0.2, 0.25) is 10.0 Å². The van der Waals surface area contributed by atoms with Gasteiger partial charge in [-0.3, -0.25) is 10.1 Å². The van der Waals surface area contributed by atoms with Crippen LogP contribution in [0.5, 0.6) is 0 Å². The number of nitro groups is 1. The number of benzene rings is 2. The van der Waals surface area contributed by atoms with Crippen molar-refractivity contribution in [3.63, 3.8) is 0 Å². The van der Waals surface area contributed by atoms with Crippen molar-refractivity contribution in [3.05, 3.63) is 62.9 Å². The Balaban J connectivity index is 2.44. The summed E-state index contributed by atoms with van der Waals surface area (Å²) < 4.78 is 36.6. The van der Waals surface area contributed by atoms with E-state index < -0.39 is 37.4 Å². The number of rotatable bonds is 5. The van der Waals surface area contributed by atoms with Gasteiger partial charge in [0.1, 0.15) is 11.5 Å². The molecule has 1 unspecified atom stereocenters. The monoisotopic (exact) mass is 373 g/mol. The average molecular weight is 374 g/mol. The van der Waals surface area contributed by atoms with Crippen molar-refractivity contribution in [1.82, 2.24) is 0 Å². The summed E-state index contributed by atoms with van der Waals surface area (Å²) in [5, 5.41) is 19.1. The van der Waals surface area contributed by atoms with Crippen molar-refractivity contribution in [1.29, 1.82) is 0 Å².